The molecular formula is C21H27N3O2S. The van der Waals surface area contributed by atoms with E-state index >= 15 is 0 Å². The molecular weight excluding hydrogens is 358 g/mol. The Kier molecular flexibility index (Phi) is 6.90. The molecule has 1 fully saturated rings. The number of nitrogens with one attached hydrogen (secondary N) is 1. The lowest BCUT2D eigenvalue weighted by atomic mass is 10.2. The van der Waals surface area contributed by atoms with Gasteiger partial charge < -0.3 is 24.6 Å². The van der Waals surface area contributed by atoms with Gasteiger partial charge in [0.05, 0.1) is 19.8 Å². The molecule has 144 valence electrons. The number of hydrogen-bond acceptors (Lipinski definition) is 4. The van der Waals surface area contributed by atoms with Gasteiger partial charge in [-0.2, -0.15) is 0 Å². The maximum atomic E-state index is 5.53. The van der Waals surface area contributed by atoms with Crippen LogP contribution in [0.3, 0.4) is 0 Å². The second-order valence-electron chi connectivity index (χ2n) is 6.51. The minimum Gasteiger partial charge on any atom is -0.494 e. The topological polar surface area (TPSA) is 37.0 Å². The van der Waals surface area contributed by atoms with E-state index in [1.807, 2.05) is 43.1 Å². The molecule has 0 amide bonds. The fourth-order valence-electron chi connectivity index (χ4n) is 3.00. The SMILES string of the molecule is CCOc1ccc(NC(=S)N(C)Cc2ccc(N3CCOCC3)cc2)cc1. The monoisotopic (exact) mass is 385 g/mol. The van der Waals surface area contributed by atoms with E-state index in [0.717, 1.165) is 44.3 Å². The van der Waals surface area contributed by atoms with Gasteiger partial charge in [0.2, 0.25) is 0 Å². The molecule has 0 bridgehead atoms. The van der Waals surface area contributed by atoms with E-state index in [1.165, 1.54) is 11.3 Å². The van der Waals surface area contributed by atoms with Crippen LogP contribution in [-0.4, -0.2) is 50.0 Å². The summed E-state index contributed by atoms with van der Waals surface area (Å²) >= 11 is 5.53. The van der Waals surface area contributed by atoms with Crippen molar-refractivity contribution < 1.29 is 9.47 Å². The van der Waals surface area contributed by atoms with Gasteiger partial charge in [-0.1, -0.05) is 12.1 Å². The third-order valence-corrected chi connectivity index (χ3v) is 4.91. The first-order chi connectivity index (χ1) is 13.2. The number of benzene rings is 2. The van der Waals surface area contributed by atoms with E-state index in [1.54, 1.807) is 0 Å². The molecule has 1 aliphatic heterocycles. The van der Waals surface area contributed by atoms with Crippen LogP contribution in [0.4, 0.5) is 11.4 Å². The Labute approximate surface area is 166 Å². The highest BCUT2D eigenvalue weighted by molar-refractivity contribution is 7.80. The smallest absolute Gasteiger partial charge is 0.173 e. The Morgan fingerprint density at radius 1 is 1.11 bits per heavy atom. The highest BCUT2D eigenvalue weighted by Gasteiger charge is 2.11. The number of morpholine rings is 1. The van der Waals surface area contributed by atoms with Crippen LogP contribution < -0.4 is 15.0 Å². The van der Waals surface area contributed by atoms with Crippen LogP contribution in [0.25, 0.3) is 0 Å². The zero-order chi connectivity index (χ0) is 19.1. The van der Waals surface area contributed by atoms with Gasteiger partial charge in [-0.3, -0.25) is 0 Å². The van der Waals surface area contributed by atoms with Gasteiger partial charge in [-0.25, -0.2) is 0 Å². The van der Waals surface area contributed by atoms with Crippen molar-refractivity contribution in [3.05, 3.63) is 54.1 Å². The average Bonchev–Trinajstić information content (AvgIpc) is 2.71. The van der Waals surface area contributed by atoms with E-state index in [4.69, 9.17) is 21.7 Å². The summed E-state index contributed by atoms with van der Waals surface area (Å²) in [6, 6.07) is 16.5. The van der Waals surface area contributed by atoms with Crippen molar-refractivity contribution in [3.63, 3.8) is 0 Å². The Morgan fingerprint density at radius 2 is 1.78 bits per heavy atom. The Morgan fingerprint density at radius 3 is 2.41 bits per heavy atom. The molecule has 0 saturated carbocycles. The fourth-order valence-corrected chi connectivity index (χ4v) is 3.18. The van der Waals surface area contributed by atoms with Crippen molar-refractivity contribution in [2.45, 2.75) is 13.5 Å². The van der Waals surface area contributed by atoms with Crippen LogP contribution >= 0.6 is 12.2 Å². The van der Waals surface area contributed by atoms with Crippen molar-refractivity contribution in [3.8, 4) is 5.75 Å². The Bertz CT molecular complexity index is 728. The predicted octanol–water partition coefficient (Wildman–Crippen LogP) is 3.75. The first-order valence-corrected chi connectivity index (χ1v) is 9.73. The molecule has 27 heavy (non-hydrogen) atoms. The van der Waals surface area contributed by atoms with Crippen molar-refractivity contribution in [2.24, 2.45) is 0 Å². The van der Waals surface area contributed by atoms with Crippen LogP contribution in [0.5, 0.6) is 5.75 Å². The summed E-state index contributed by atoms with van der Waals surface area (Å²) in [6.45, 7) is 6.91. The summed E-state index contributed by atoms with van der Waals surface area (Å²) in [4.78, 5) is 4.39. The molecule has 0 atom stereocenters. The van der Waals surface area contributed by atoms with E-state index < -0.39 is 0 Å². The van der Waals surface area contributed by atoms with Gasteiger partial charge in [0.15, 0.2) is 5.11 Å². The number of thiocarbonyl (C=S) groups is 1. The summed E-state index contributed by atoms with van der Waals surface area (Å²) in [7, 11) is 2.00. The molecule has 1 heterocycles. The Balaban J connectivity index is 1.52. The molecule has 0 unspecified atom stereocenters. The lowest BCUT2D eigenvalue weighted by Crippen LogP contribution is -2.36. The van der Waals surface area contributed by atoms with Gasteiger partial charge in [0, 0.05) is 38.1 Å². The summed E-state index contributed by atoms with van der Waals surface area (Å²) in [5.41, 5.74) is 3.43. The van der Waals surface area contributed by atoms with Crippen LogP contribution in [0.2, 0.25) is 0 Å². The largest absolute Gasteiger partial charge is 0.494 e. The van der Waals surface area contributed by atoms with Gasteiger partial charge in [0.25, 0.3) is 0 Å². The van der Waals surface area contributed by atoms with E-state index in [-0.39, 0.29) is 0 Å². The zero-order valence-corrected chi connectivity index (χ0v) is 16.8. The molecule has 1 aliphatic rings. The molecule has 0 aromatic heterocycles. The number of anilines is 2. The predicted molar refractivity (Wildman–Crippen MR) is 115 cm³/mol. The van der Waals surface area contributed by atoms with Crippen molar-refractivity contribution in [1.82, 2.24) is 4.90 Å². The van der Waals surface area contributed by atoms with E-state index in [0.29, 0.717) is 11.7 Å². The van der Waals surface area contributed by atoms with Crippen LogP contribution in [0, 0.1) is 0 Å². The molecule has 2 aromatic carbocycles. The van der Waals surface area contributed by atoms with Gasteiger partial charge in [-0.15, -0.1) is 0 Å². The average molecular weight is 386 g/mol. The molecule has 1 saturated heterocycles. The first-order valence-electron chi connectivity index (χ1n) is 9.32. The molecule has 0 radical (unpaired) electrons. The van der Waals surface area contributed by atoms with E-state index in [2.05, 4.69) is 34.5 Å². The van der Waals surface area contributed by atoms with Crippen molar-refractivity contribution in [2.75, 3.05) is 50.2 Å². The molecule has 0 aliphatic carbocycles. The Hall–Kier alpha value is -2.31. The second-order valence-corrected chi connectivity index (χ2v) is 6.90. The summed E-state index contributed by atoms with van der Waals surface area (Å²) in [5.74, 6) is 0.864. The van der Waals surface area contributed by atoms with E-state index in [9.17, 15) is 0 Å². The number of rotatable bonds is 6. The van der Waals surface area contributed by atoms with Crippen molar-refractivity contribution in [1.29, 1.82) is 0 Å². The third kappa shape index (κ3) is 5.58. The molecule has 2 aromatic rings. The highest BCUT2D eigenvalue weighted by atomic mass is 32.1. The van der Waals surface area contributed by atoms with Crippen LogP contribution in [0.1, 0.15) is 12.5 Å². The minimum absolute atomic E-state index is 0.665. The lowest BCUT2D eigenvalue weighted by molar-refractivity contribution is 0.122. The van der Waals surface area contributed by atoms with Gasteiger partial charge in [-0.05, 0) is 61.1 Å². The summed E-state index contributed by atoms with van der Waals surface area (Å²) in [6.07, 6.45) is 0. The fraction of sp³-hybridized carbons (Fsp3) is 0.381. The van der Waals surface area contributed by atoms with Crippen LogP contribution in [-0.2, 0) is 11.3 Å². The molecule has 0 spiro atoms. The molecule has 3 rings (SSSR count). The minimum atomic E-state index is 0.665. The number of ether oxygens (including phenoxy) is 2. The zero-order valence-electron chi connectivity index (χ0n) is 16.0. The number of hydrogen-bond donors (Lipinski definition) is 1. The highest BCUT2D eigenvalue weighted by Crippen LogP contribution is 2.19. The molecule has 6 heteroatoms. The summed E-state index contributed by atoms with van der Waals surface area (Å²) < 4.78 is 10.9. The molecule has 5 nitrogen and oxygen atoms in total. The quantitative estimate of drug-likeness (QED) is 0.764. The normalized spacial score (nSPS) is 13.9. The van der Waals surface area contributed by atoms with Crippen molar-refractivity contribution >= 4 is 28.7 Å². The maximum Gasteiger partial charge on any atom is 0.173 e. The van der Waals surface area contributed by atoms with Gasteiger partial charge >= 0.3 is 0 Å². The van der Waals surface area contributed by atoms with Crippen LogP contribution in [0.15, 0.2) is 48.5 Å². The lowest BCUT2D eigenvalue weighted by Gasteiger charge is -2.29. The van der Waals surface area contributed by atoms with Gasteiger partial charge in [0.1, 0.15) is 5.75 Å². The maximum absolute atomic E-state index is 5.53. The standard InChI is InChI=1S/C21H27N3O2S/c1-3-26-20-10-6-18(7-11-20)22-21(27)23(2)16-17-4-8-19(9-5-17)24-12-14-25-15-13-24/h4-11H,3,12-16H2,1-2H3,(H,22,27). The molecule has 1 N–H and O–H groups in total. The first kappa shape index (κ1) is 19.5. The third-order valence-electron chi connectivity index (χ3n) is 4.50. The second kappa shape index (κ2) is 9.58. The number of nitrogens with zero attached hydrogens (tertiary/aromatic N) is 2. The summed E-state index contributed by atoms with van der Waals surface area (Å²) in [5, 5.41) is 3.97.